The fourth-order valence-corrected chi connectivity index (χ4v) is 1.55. The molecule has 2 N–H and O–H groups in total. The van der Waals surface area contributed by atoms with Gasteiger partial charge < -0.3 is 14.8 Å². The molecule has 2 aromatic rings. The molecule has 18 heavy (non-hydrogen) atoms. The summed E-state index contributed by atoms with van der Waals surface area (Å²) in [6, 6.07) is 7.85. The van der Waals surface area contributed by atoms with Crippen LogP contribution in [0.25, 0.3) is 11.3 Å². The van der Waals surface area contributed by atoms with E-state index in [1.54, 1.807) is 24.3 Å². The zero-order valence-electron chi connectivity index (χ0n) is 9.64. The number of amides is 1. The molecular formula is C13H11NO4. The van der Waals surface area contributed by atoms with Crippen molar-refractivity contribution in [2.45, 2.75) is 6.92 Å². The summed E-state index contributed by atoms with van der Waals surface area (Å²) in [6.07, 6.45) is 0.610. The molecule has 0 saturated heterocycles. The van der Waals surface area contributed by atoms with Crippen LogP contribution in [0.2, 0.25) is 0 Å². The van der Waals surface area contributed by atoms with Gasteiger partial charge >= 0.3 is 0 Å². The maximum atomic E-state index is 11.0. The predicted octanol–water partition coefficient (Wildman–Crippen LogP) is 2.42. The Balaban J connectivity index is 2.39. The van der Waals surface area contributed by atoms with Crippen molar-refractivity contribution in [3.8, 4) is 17.1 Å². The van der Waals surface area contributed by atoms with Crippen LogP contribution in [0.5, 0.6) is 5.75 Å². The van der Waals surface area contributed by atoms with E-state index in [1.165, 1.54) is 13.0 Å². The van der Waals surface area contributed by atoms with Crippen LogP contribution in [0.15, 0.2) is 34.7 Å². The number of hydrogen-bond donors (Lipinski definition) is 2. The van der Waals surface area contributed by atoms with Gasteiger partial charge in [0.2, 0.25) is 5.91 Å². The van der Waals surface area contributed by atoms with Crippen LogP contribution in [0, 0.1) is 0 Å². The van der Waals surface area contributed by atoms with Crippen LogP contribution in [-0.2, 0) is 4.79 Å². The first-order valence-electron chi connectivity index (χ1n) is 5.26. The van der Waals surface area contributed by atoms with Gasteiger partial charge in [0, 0.05) is 12.5 Å². The largest absolute Gasteiger partial charge is 0.506 e. The molecule has 0 unspecified atom stereocenters. The lowest BCUT2D eigenvalue weighted by molar-refractivity contribution is -0.114. The molecule has 1 amide bonds. The Hall–Kier alpha value is -2.56. The Morgan fingerprint density at radius 1 is 1.33 bits per heavy atom. The van der Waals surface area contributed by atoms with Gasteiger partial charge in [-0.05, 0) is 30.3 Å². The Morgan fingerprint density at radius 2 is 2.11 bits per heavy atom. The van der Waals surface area contributed by atoms with Crippen LogP contribution in [-0.4, -0.2) is 17.3 Å². The van der Waals surface area contributed by atoms with Crippen molar-refractivity contribution in [2.75, 3.05) is 5.32 Å². The van der Waals surface area contributed by atoms with Crippen molar-refractivity contribution < 1.29 is 19.1 Å². The average Bonchev–Trinajstić information content (AvgIpc) is 2.80. The molecule has 0 aliphatic rings. The summed E-state index contributed by atoms with van der Waals surface area (Å²) in [5.41, 5.74) is 0.953. The highest BCUT2D eigenvalue weighted by molar-refractivity contribution is 5.91. The van der Waals surface area contributed by atoms with Crippen molar-refractivity contribution in [3.05, 3.63) is 36.1 Å². The molecule has 1 aromatic heterocycles. The van der Waals surface area contributed by atoms with Gasteiger partial charge in [-0.3, -0.25) is 9.59 Å². The summed E-state index contributed by atoms with van der Waals surface area (Å²) in [5, 5.41) is 12.1. The normalized spacial score (nSPS) is 10.1. The van der Waals surface area contributed by atoms with E-state index in [0.29, 0.717) is 23.3 Å². The third kappa shape index (κ3) is 2.40. The fourth-order valence-electron chi connectivity index (χ4n) is 1.55. The predicted molar refractivity (Wildman–Crippen MR) is 65.5 cm³/mol. The van der Waals surface area contributed by atoms with Gasteiger partial charge in [-0.25, -0.2) is 0 Å². The van der Waals surface area contributed by atoms with Crippen LogP contribution in [0.4, 0.5) is 5.69 Å². The number of phenolic OH excluding ortho intramolecular Hbond substituents is 1. The van der Waals surface area contributed by atoms with Crippen LogP contribution in [0.3, 0.4) is 0 Å². The lowest BCUT2D eigenvalue weighted by atomic mass is 10.1. The van der Waals surface area contributed by atoms with E-state index in [2.05, 4.69) is 5.32 Å². The van der Waals surface area contributed by atoms with E-state index in [0.717, 1.165) is 0 Å². The van der Waals surface area contributed by atoms with Crippen molar-refractivity contribution in [3.63, 3.8) is 0 Å². The van der Waals surface area contributed by atoms with E-state index in [1.807, 2.05) is 0 Å². The highest BCUT2D eigenvalue weighted by atomic mass is 16.3. The minimum absolute atomic E-state index is 0.0314. The second-order valence-corrected chi connectivity index (χ2v) is 3.73. The van der Waals surface area contributed by atoms with E-state index >= 15 is 0 Å². The highest BCUT2D eigenvalue weighted by Crippen LogP contribution is 2.30. The molecule has 0 bridgehead atoms. The third-order valence-electron chi connectivity index (χ3n) is 2.33. The summed E-state index contributed by atoms with van der Waals surface area (Å²) in [7, 11) is 0. The van der Waals surface area contributed by atoms with Gasteiger partial charge in [-0.1, -0.05) is 0 Å². The molecule has 0 saturated carbocycles. The zero-order chi connectivity index (χ0) is 13.1. The van der Waals surface area contributed by atoms with E-state index in [9.17, 15) is 14.7 Å². The van der Waals surface area contributed by atoms with Crippen LogP contribution >= 0.6 is 0 Å². The molecular weight excluding hydrogens is 234 g/mol. The third-order valence-corrected chi connectivity index (χ3v) is 2.33. The van der Waals surface area contributed by atoms with Gasteiger partial charge in [0.05, 0.1) is 5.69 Å². The molecule has 0 radical (unpaired) electrons. The number of anilines is 1. The summed E-state index contributed by atoms with van der Waals surface area (Å²) in [5.74, 6) is 0.398. The number of aromatic hydroxyl groups is 1. The number of carbonyl (C=O) groups excluding carboxylic acids is 2. The zero-order valence-corrected chi connectivity index (χ0v) is 9.64. The quantitative estimate of drug-likeness (QED) is 0.642. The van der Waals surface area contributed by atoms with Gasteiger partial charge in [0.25, 0.3) is 0 Å². The first-order chi connectivity index (χ1) is 8.60. The van der Waals surface area contributed by atoms with E-state index in [4.69, 9.17) is 4.42 Å². The molecule has 5 heteroatoms. The lowest BCUT2D eigenvalue weighted by Gasteiger charge is -2.06. The Morgan fingerprint density at radius 3 is 2.72 bits per heavy atom. The summed E-state index contributed by atoms with van der Waals surface area (Å²) in [6.45, 7) is 1.35. The summed E-state index contributed by atoms with van der Waals surface area (Å²) < 4.78 is 5.26. The van der Waals surface area contributed by atoms with Crippen molar-refractivity contribution in [2.24, 2.45) is 0 Å². The number of hydrogen-bond acceptors (Lipinski definition) is 4. The molecule has 0 aliphatic carbocycles. The minimum atomic E-state index is -0.282. The lowest BCUT2D eigenvalue weighted by Crippen LogP contribution is -2.05. The molecule has 1 aromatic carbocycles. The first kappa shape index (κ1) is 11.9. The van der Waals surface area contributed by atoms with Crippen molar-refractivity contribution in [1.82, 2.24) is 0 Å². The van der Waals surface area contributed by atoms with Gasteiger partial charge in [-0.15, -0.1) is 0 Å². The molecule has 1 heterocycles. The Bertz CT molecular complexity index is 601. The summed E-state index contributed by atoms with van der Waals surface area (Å²) in [4.78, 5) is 21.5. The van der Waals surface area contributed by atoms with Crippen molar-refractivity contribution >= 4 is 17.9 Å². The molecule has 0 fully saturated rings. The van der Waals surface area contributed by atoms with E-state index < -0.39 is 0 Å². The maximum Gasteiger partial charge on any atom is 0.221 e. The highest BCUT2D eigenvalue weighted by Gasteiger charge is 2.08. The standard InChI is InChI=1S/C13H11NO4/c1-8(16)14-11-6-9(2-4-12(11)17)13-5-3-10(7-15)18-13/h2-7,17H,1H3,(H,14,16). The average molecular weight is 245 g/mol. The number of benzene rings is 1. The van der Waals surface area contributed by atoms with Crippen LogP contribution in [0.1, 0.15) is 17.5 Å². The number of furan rings is 1. The van der Waals surface area contributed by atoms with E-state index in [-0.39, 0.29) is 17.4 Å². The summed E-state index contributed by atoms with van der Waals surface area (Å²) >= 11 is 0. The molecule has 0 aliphatic heterocycles. The molecule has 5 nitrogen and oxygen atoms in total. The Kier molecular flexibility index (Phi) is 3.14. The molecule has 2 rings (SSSR count). The fraction of sp³-hybridized carbons (Fsp3) is 0.0769. The van der Waals surface area contributed by atoms with Gasteiger partial charge in [0.1, 0.15) is 11.5 Å². The number of carbonyl (C=O) groups is 2. The SMILES string of the molecule is CC(=O)Nc1cc(-c2ccc(C=O)o2)ccc1O. The Labute approximate surface area is 103 Å². The van der Waals surface area contributed by atoms with Crippen molar-refractivity contribution in [1.29, 1.82) is 0 Å². The second kappa shape index (κ2) is 4.75. The molecule has 0 atom stereocenters. The minimum Gasteiger partial charge on any atom is -0.506 e. The number of nitrogens with one attached hydrogen (secondary N) is 1. The van der Waals surface area contributed by atoms with Crippen LogP contribution < -0.4 is 5.32 Å². The molecule has 0 spiro atoms. The number of aldehydes is 1. The number of phenols is 1. The van der Waals surface area contributed by atoms with Gasteiger partial charge in [-0.2, -0.15) is 0 Å². The monoisotopic (exact) mass is 245 g/mol. The van der Waals surface area contributed by atoms with Gasteiger partial charge in [0.15, 0.2) is 12.0 Å². The molecule has 92 valence electrons. The first-order valence-corrected chi connectivity index (χ1v) is 5.26. The smallest absolute Gasteiger partial charge is 0.221 e. The number of rotatable bonds is 3. The second-order valence-electron chi connectivity index (χ2n) is 3.73. The topological polar surface area (TPSA) is 79.5 Å². The maximum absolute atomic E-state index is 11.0.